The van der Waals surface area contributed by atoms with Crippen LogP contribution in [0.15, 0.2) is 42.6 Å². The smallest absolute Gasteiger partial charge is 0.317 e. The SMILES string of the molecule is CCOC(=O)C(c1ccc2c(c1)OCO2)c1cn(C)c2cc(C(N)=O)ccc12. The van der Waals surface area contributed by atoms with Crippen LogP contribution < -0.4 is 15.2 Å². The van der Waals surface area contributed by atoms with Gasteiger partial charge in [-0.3, -0.25) is 9.59 Å². The van der Waals surface area contributed by atoms with Gasteiger partial charge in [0.25, 0.3) is 0 Å². The molecule has 0 saturated heterocycles. The predicted molar refractivity (Wildman–Crippen MR) is 102 cm³/mol. The van der Waals surface area contributed by atoms with Crippen molar-refractivity contribution >= 4 is 22.8 Å². The first-order valence-corrected chi connectivity index (χ1v) is 8.94. The molecule has 3 aromatic rings. The Morgan fingerprint density at radius 2 is 1.96 bits per heavy atom. The Labute approximate surface area is 161 Å². The minimum atomic E-state index is -0.641. The van der Waals surface area contributed by atoms with E-state index in [2.05, 4.69) is 0 Å². The monoisotopic (exact) mass is 380 g/mol. The molecule has 2 aromatic carbocycles. The average molecular weight is 380 g/mol. The van der Waals surface area contributed by atoms with Crippen LogP contribution in [0, 0.1) is 0 Å². The lowest BCUT2D eigenvalue weighted by molar-refractivity contribution is -0.143. The molecular weight excluding hydrogens is 360 g/mol. The van der Waals surface area contributed by atoms with Gasteiger partial charge in [-0.1, -0.05) is 12.1 Å². The number of carbonyl (C=O) groups is 2. The fourth-order valence-electron chi connectivity index (χ4n) is 3.56. The van der Waals surface area contributed by atoms with E-state index < -0.39 is 11.8 Å². The highest BCUT2D eigenvalue weighted by molar-refractivity contribution is 5.99. The maximum absolute atomic E-state index is 12.9. The number of benzene rings is 2. The summed E-state index contributed by atoms with van der Waals surface area (Å²) in [5, 5.41) is 0.850. The fraction of sp³-hybridized carbons (Fsp3) is 0.238. The van der Waals surface area contributed by atoms with Crippen molar-refractivity contribution in [1.82, 2.24) is 4.57 Å². The van der Waals surface area contributed by atoms with Gasteiger partial charge in [-0.05, 0) is 42.3 Å². The first kappa shape index (κ1) is 17.9. The van der Waals surface area contributed by atoms with Crippen LogP contribution in [0.3, 0.4) is 0 Å². The van der Waals surface area contributed by atoms with Crippen molar-refractivity contribution in [3.05, 3.63) is 59.3 Å². The second kappa shape index (κ2) is 6.92. The molecule has 2 N–H and O–H groups in total. The highest BCUT2D eigenvalue weighted by atomic mass is 16.7. The highest BCUT2D eigenvalue weighted by Crippen LogP contribution is 2.39. The summed E-state index contributed by atoms with van der Waals surface area (Å²) in [6.45, 7) is 2.21. The first-order chi connectivity index (χ1) is 13.5. The van der Waals surface area contributed by atoms with E-state index >= 15 is 0 Å². The van der Waals surface area contributed by atoms with Crippen LogP contribution in [-0.2, 0) is 16.6 Å². The lowest BCUT2D eigenvalue weighted by atomic mass is 9.90. The molecule has 1 unspecified atom stereocenters. The van der Waals surface area contributed by atoms with E-state index in [0.29, 0.717) is 17.1 Å². The molecule has 1 aliphatic rings. The Bertz CT molecular complexity index is 1090. The number of carbonyl (C=O) groups excluding carboxylic acids is 2. The molecule has 4 rings (SSSR count). The third kappa shape index (κ3) is 2.94. The van der Waals surface area contributed by atoms with Crippen molar-refractivity contribution in [2.75, 3.05) is 13.4 Å². The molecule has 144 valence electrons. The van der Waals surface area contributed by atoms with Gasteiger partial charge in [0.2, 0.25) is 12.7 Å². The van der Waals surface area contributed by atoms with E-state index in [-0.39, 0.29) is 19.4 Å². The standard InChI is InChI=1S/C21H20N2O5/c1-3-26-21(25)19(12-5-7-17-18(9-12)28-11-27-17)15-10-23(2)16-8-13(20(22)24)4-6-14(15)16/h4-10,19H,3,11H2,1-2H3,(H2,22,24). The van der Waals surface area contributed by atoms with Crippen LogP contribution in [0.5, 0.6) is 11.5 Å². The molecule has 1 atom stereocenters. The van der Waals surface area contributed by atoms with Gasteiger partial charge < -0.3 is 24.5 Å². The van der Waals surface area contributed by atoms with Crippen molar-refractivity contribution in [1.29, 1.82) is 0 Å². The Hall–Kier alpha value is -3.48. The van der Waals surface area contributed by atoms with Gasteiger partial charge in [-0.25, -0.2) is 0 Å². The van der Waals surface area contributed by atoms with E-state index in [1.807, 2.05) is 29.9 Å². The van der Waals surface area contributed by atoms with Gasteiger partial charge in [0.15, 0.2) is 11.5 Å². The van der Waals surface area contributed by atoms with E-state index in [1.165, 1.54) is 0 Å². The highest BCUT2D eigenvalue weighted by Gasteiger charge is 2.29. The Balaban J connectivity index is 1.88. The number of nitrogens with two attached hydrogens (primary N) is 1. The Morgan fingerprint density at radius 1 is 1.18 bits per heavy atom. The number of hydrogen-bond donors (Lipinski definition) is 1. The number of hydrogen-bond acceptors (Lipinski definition) is 5. The summed E-state index contributed by atoms with van der Waals surface area (Å²) in [6.07, 6.45) is 1.88. The number of primary amides is 1. The molecule has 1 aromatic heterocycles. The van der Waals surface area contributed by atoms with Gasteiger partial charge in [0.1, 0.15) is 5.92 Å². The van der Waals surface area contributed by atoms with Gasteiger partial charge in [-0.15, -0.1) is 0 Å². The maximum atomic E-state index is 12.9. The average Bonchev–Trinajstić information content (AvgIpc) is 3.26. The third-order valence-corrected chi connectivity index (χ3v) is 4.87. The van der Waals surface area contributed by atoms with Crippen molar-refractivity contribution < 1.29 is 23.8 Å². The van der Waals surface area contributed by atoms with Crippen LogP contribution in [0.4, 0.5) is 0 Å². The number of aryl methyl sites for hydroxylation is 1. The predicted octanol–water partition coefficient (Wildman–Crippen LogP) is 2.70. The summed E-state index contributed by atoms with van der Waals surface area (Å²) in [5.41, 5.74) is 8.15. The quantitative estimate of drug-likeness (QED) is 0.687. The van der Waals surface area contributed by atoms with Gasteiger partial charge >= 0.3 is 5.97 Å². The molecule has 0 fully saturated rings. The Kier molecular flexibility index (Phi) is 4.43. The fourth-order valence-corrected chi connectivity index (χ4v) is 3.56. The summed E-state index contributed by atoms with van der Waals surface area (Å²) in [5.74, 6) is -0.244. The molecule has 0 bridgehead atoms. The van der Waals surface area contributed by atoms with Crippen molar-refractivity contribution in [2.45, 2.75) is 12.8 Å². The number of amides is 1. The first-order valence-electron chi connectivity index (χ1n) is 8.94. The van der Waals surface area contributed by atoms with Crippen molar-refractivity contribution in [2.24, 2.45) is 12.8 Å². The zero-order valence-corrected chi connectivity index (χ0v) is 15.6. The van der Waals surface area contributed by atoms with E-state index in [4.69, 9.17) is 19.9 Å². The molecule has 0 radical (unpaired) electrons. The lowest BCUT2D eigenvalue weighted by Gasteiger charge is -2.16. The van der Waals surface area contributed by atoms with Gasteiger partial charge in [0, 0.05) is 29.7 Å². The van der Waals surface area contributed by atoms with Crippen molar-refractivity contribution in [3.8, 4) is 11.5 Å². The lowest BCUT2D eigenvalue weighted by Crippen LogP contribution is -2.17. The van der Waals surface area contributed by atoms with Crippen LogP contribution in [0.25, 0.3) is 10.9 Å². The second-order valence-electron chi connectivity index (χ2n) is 6.59. The van der Waals surface area contributed by atoms with Crippen LogP contribution in [-0.4, -0.2) is 29.8 Å². The molecule has 2 heterocycles. The second-order valence-corrected chi connectivity index (χ2v) is 6.59. The molecule has 1 amide bonds. The number of aromatic nitrogens is 1. The summed E-state index contributed by atoms with van der Waals surface area (Å²) in [6, 6.07) is 10.6. The minimum absolute atomic E-state index is 0.160. The molecule has 0 saturated carbocycles. The molecule has 0 aliphatic carbocycles. The molecule has 7 nitrogen and oxygen atoms in total. The molecule has 7 heteroatoms. The number of fused-ring (bicyclic) bond motifs is 2. The molecule has 1 aliphatic heterocycles. The Morgan fingerprint density at radius 3 is 2.71 bits per heavy atom. The minimum Gasteiger partial charge on any atom is -0.465 e. The molecule has 28 heavy (non-hydrogen) atoms. The summed E-state index contributed by atoms with van der Waals surface area (Å²) >= 11 is 0. The zero-order valence-electron chi connectivity index (χ0n) is 15.6. The van der Waals surface area contributed by atoms with Crippen LogP contribution in [0.1, 0.15) is 34.3 Å². The van der Waals surface area contributed by atoms with Crippen LogP contribution >= 0.6 is 0 Å². The number of nitrogens with zero attached hydrogens (tertiary/aromatic N) is 1. The van der Waals surface area contributed by atoms with Crippen LogP contribution in [0.2, 0.25) is 0 Å². The number of esters is 1. The summed E-state index contributed by atoms with van der Waals surface area (Å²) in [4.78, 5) is 24.4. The summed E-state index contributed by atoms with van der Waals surface area (Å²) < 4.78 is 18.1. The largest absolute Gasteiger partial charge is 0.465 e. The molecule has 0 spiro atoms. The zero-order chi connectivity index (χ0) is 19.8. The number of rotatable bonds is 5. The maximum Gasteiger partial charge on any atom is 0.317 e. The van der Waals surface area contributed by atoms with E-state index in [9.17, 15) is 9.59 Å². The van der Waals surface area contributed by atoms with Gasteiger partial charge in [-0.2, -0.15) is 0 Å². The van der Waals surface area contributed by atoms with E-state index in [1.54, 1.807) is 31.2 Å². The topological polar surface area (TPSA) is 92.8 Å². The van der Waals surface area contributed by atoms with Gasteiger partial charge in [0.05, 0.1) is 6.61 Å². The summed E-state index contributed by atoms with van der Waals surface area (Å²) in [7, 11) is 1.86. The third-order valence-electron chi connectivity index (χ3n) is 4.87. The normalized spacial score (nSPS) is 13.5. The molecular formula is C21H20N2O5. The van der Waals surface area contributed by atoms with E-state index in [0.717, 1.165) is 22.0 Å². The number of ether oxygens (including phenoxy) is 3. The van der Waals surface area contributed by atoms with Crippen molar-refractivity contribution in [3.63, 3.8) is 0 Å².